The summed E-state index contributed by atoms with van der Waals surface area (Å²) in [7, 11) is 2.89. The zero-order valence-electron chi connectivity index (χ0n) is 16.6. The monoisotopic (exact) mass is 432 g/mol. The Hall–Kier alpha value is -4.55. The van der Waals surface area contributed by atoms with Gasteiger partial charge in [-0.3, -0.25) is 20.3 Å². The van der Waals surface area contributed by atoms with Gasteiger partial charge in [-0.15, -0.1) is 0 Å². The van der Waals surface area contributed by atoms with Crippen LogP contribution in [0.2, 0.25) is 0 Å². The molecule has 0 aliphatic rings. The van der Waals surface area contributed by atoms with Crippen molar-refractivity contribution < 1.29 is 28.8 Å². The molecule has 2 rings (SSSR count). The second-order valence-electron chi connectivity index (χ2n) is 5.81. The highest BCUT2D eigenvalue weighted by Gasteiger charge is 2.12. The number of carbonyl (C=O) groups excluding carboxylic acids is 3. The first-order valence-electron chi connectivity index (χ1n) is 8.69. The van der Waals surface area contributed by atoms with Gasteiger partial charge in [0.25, 0.3) is 11.6 Å². The van der Waals surface area contributed by atoms with E-state index in [9.17, 15) is 24.5 Å². The number of nitro benzene ring substituents is 1. The number of methoxy groups -OCH3 is 2. The van der Waals surface area contributed by atoms with E-state index in [2.05, 4.69) is 26.8 Å². The highest BCUT2D eigenvalue weighted by molar-refractivity contribution is 5.94. The summed E-state index contributed by atoms with van der Waals surface area (Å²) >= 11 is 0. The van der Waals surface area contributed by atoms with Gasteiger partial charge in [0.05, 0.1) is 24.8 Å². The first-order chi connectivity index (χ1) is 14.8. The SMILES string of the molecule is COc1ccc(OC)c(NC(=O)NNC(=O)CNC(=O)Nc2cccc([N+](=O)[O-])c2)c1. The number of hydrazine groups is 1. The van der Waals surface area contributed by atoms with Crippen LogP contribution in [0.15, 0.2) is 42.5 Å². The van der Waals surface area contributed by atoms with E-state index in [4.69, 9.17) is 9.47 Å². The van der Waals surface area contributed by atoms with E-state index in [1.54, 1.807) is 12.1 Å². The van der Waals surface area contributed by atoms with Crippen molar-refractivity contribution in [3.05, 3.63) is 52.6 Å². The standard InChI is InChI=1S/C18H20N6O7/c1-30-13-6-7-15(31-2)14(9-13)21-18(27)23-22-16(25)10-19-17(26)20-11-4-3-5-12(8-11)24(28)29/h3-9H,10H2,1-2H3,(H,22,25)(H2,19,20,26)(H2,21,23,27). The van der Waals surface area contributed by atoms with Crippen LogP contribution in [0, 0.1) is 10.1 Å². The minimum Gasteiger partial charge on any atom is -0.497 e. The number of benzene rings is 2. The van der Waals surface area contributed by atoms with Gasteiger partial charge in [0.15, 0.2) is 0 Å². The second-order valence-corrected chi connectivity index (χ2v) is 5.81. The second kappa shape index (κ2) is 10.8. The van der Waals surface area contributed by atoms with Crippen LogP contribution in [0.25, 0.3) is 0 Å². The summed E-state index contributed by atoms with van der Waals surface area (Å²) in [6, 6.07) is 8.53. The normalized spacial score (nSPS) is 9.74. The molecular weight excluding hydrogens is 412 g/mol. The molecule has 0 atom stereocenters. The lowest BCUT2D eigenvalue weighted by Gasteiger charge is -2.13. The Morgan fingerprint density at radius 1 is 0.968 bits per heavy atom. The summed E-state index contributed by atoms with van der Waals surface area (Å²) in [5.41, 5.74) is 4.52. The van der Waals surface area contributed by atoms with Crippen LogP contribution in [0.1, 0.15) is 0 Å². The maximum absolute atomic E-state index is 12.0. The number of hydrogen-bond donors (Lipinski definition) is 5. The first kappa shape index (κ1) is 22.7. The molecule has 13 heteroatoms. The van der Waals surface area contributed by atoms with Crippen LogP contribution < -0.4 is 36.3 Å². The number of rotatable bonds is 7. The van der Waals surface area contributed by atoms with Crippen LogP contribution in [-0.4, -0.2) is 43.7 Å². The zero-order valence-corrected chi connectivity index (χ0v) is 16.6. The first-order valence-corrected chi connectivity index (χ1v) is 8.69. The number of urea groups is 2. The van der Waals surface area contributed by atoms with Crippen molar-refractivity contribution in [3.8, 4) is 11.5 Å². The molecule has 0 spiro atoms. The van der Waals surface area contributed by atoms with Gasteiger partial charge in [-0.05, 0) is 18.2 Å². The highest BCUT2D eigenvalue weighted by Crippen LogP contribution is 2.28. The summed E-state index contributed by atoms with van der Waals surface area (Å²) in [4.78, 5) is 45.7. The molecule has 0 radical (unpaired) electrons. The Balaban J connectivity index is 1.78. The van der Waals surface area contributed by atoms with Gasteiger partial charge in [-0.1, -0.05) is 6.07 Å². The number of non-ortho nitro benzene ring substituents is 1. The summed E-state index contributed by atoms with van der Waals surface area (Å²) in [6.45, 7) is -0.469. The van der Waals surface area contributed by atoms with E-state index in [0.29, 0.717) is 17.2 Å². The number of nitrogens with one attached hydrogen (secondary N) is 5. The van der Waals surface area contributed by atoms with Crippen LogP contribution >= 0.6 is 0 Å². The van der Waals surface area contributed by atoms with Crippen molar-refractivity contribution >= 4 is 35.0 Å². The van der Waals surface area contributed by atoms with E-state index < -0.39 is 29.4 Å². The largest absolute Gasteiger partial charge is 0.497 e. The fourth-order valence-corrected chi connectivity index (χ4v) is 2.27. The fourth-order valence-electron chi connectivity index (χ4n) is 2.27. The molecule has 2 aromatic rings. The van der Waals surface area contributed by atoms with E-state index in [0.717, 1.165) is 0 Å². The van der Waals surface area contributed by atoms with Gasteiger partial charge in [0, 0.05) is 23.9 Å². The third-order valence-corrected chi connectivity index (χ3v) is 3.69. The smallest absolute Gasteiger partial charge is 0.338 e. The van der Waals surface area contributed by atoms with E-state index in [1.165, 1.54) is 44.6 Å². The highest BCUT2D eigenvalue weighted by atomic mass is 16.6. The third kappa shape index (κ3) is 7.08. The van der Waals surface area contributed by atoms with E-state index in [1.807, 2.05) is 0 Å². The quantitative estimate of drug-likeness (QED) is 0.326. The van der Waals surface area contributed by atoms with Gasteiger partial charge in [-0.2, -0.15) is 0 Å². The lowest BCUT2D eigenvalue weighted by Crippen LogP contribution is -2.48. The number of nitrogens with zero attached hydrogens (tertiary/aromatic N) is 1. The summed E-state index contributed by atoms with van der Waals surface area (Å²) in [6.07, 6.45) is 0. The predicted octanol–water partition coefficient (Wildman–Crippen LogP) is 1.59. The number of ether oxygens (including phenoxy) is 2. The molecule has 0 unspecified atom stereocenters. The van der Waals surface area contributed by atoms with Crippen molar-refractivity contribution in [3.63, 3.8) is 0 Å². The van der Waals surface area contributed by atoms with Gasteiger partial charge in [-0.25, -0.2) is 15.0 Å². The number of anilines is 2. The third-order valence-electron chi connectivity index (χ3n) is 3.69. The number of nitro groups is 1. The van der Waals surface area contributed by atoms with Gasteiger partial charge < -0.3 is 25.4 Å². The lowest BCUT2D eigenvalue weighted by molar-refractivity contribution is -0.384. The average Bonchev–Trinajstić information content (AvgIpc) is 2.76. The van der Waals surface area contributed by atoms with Crippen molar-refractivity contribution in [2.24, 2.45) is 0 Å². The predicted molar refractivity (Wildman–Crippen MR) is 110 cm³/mol. The van der Waals surface area contributed by atoms with Crippen LogP contribution in [-0.2, 0) is 4.79 Å². The molecule has 0 aromatic heterocycles. The Labute approximate surface area is 176 Å². The lowest BCUT2D eigenvalue weighted by atomic mass is 10.2. The number of amides is 5. The van der Waals surface area contributed by atoms with E-state index in [-0.39, 0.29) is 11.4 Å². The average molecular weight is 432 g/mol. The minimum atomic E-state index is -0.763. The number of hydrogen-bond acceptors (Lipinski definition) is 7. The van der Waals surface area contributed by atoms with Gasteiger partial charge >= 0.3 is 12.1 Å². The summed E-state index contributed by atoms with van der Waals surface area (Å²) in [5.74, 6) is 0.141. The molecule has 5 N–H and O–H groups in total. The molecule has 0 heterocycles. The van der Waals surface area contributed by atoms with Crippen LogP contribution in [0.3, 0.4) is 0 Å². The van der Waals surface area contributed by atoms with Gasteiger partial charge in [0.1, 0.15) is 18.0 Å². The summed E-state index contributed by atoms with van der Waals surface area (Å²) in [5, 5.41) is 17.8. The molecule has 0 saturated heterocycles. The molecule has 164 valence electrons. The van der Waals surface area contributed by atoms with Crippen molar-refractivity contribution in [2.45, 2.75) is 0 Å². The Morgan fingerprint density at radius 2 is 1.74 bits per heavy atom. The van der Waals surface area contributed by atoms with Crippen molar-refractivity contribution in [1.82, 2.24) is 16.2 Å². The molecule has 5 amide bonds. The Morgan fingerprint density at radius 3 is 2.42 bits per heavy atom. The maximum Gasteiger partial charge on any atom is 0.338 e. The van der Waals surface area contributed by atoms with Crippen LogP contribution in [0.4, 0.5) is 26.7 Å². The number of carbonyl (C=O) groups is 3. The molecule has 0 saturated carbocycles. The topological polar surface area (TPSA) is 173 Å². The Bertz CT molecular complexity index is 982. The molecular formula is C18H20N6O7. The molecule has 0 bridgehead atoms. The van der Waals surface area contributed by atoms with E-state index >= 15 is 0 Å². The molecule has 2 aromatic carbocycles. The summed E-state index contributed by atoms with van der Waals surface area (Å²) < 4.78 is 10.2. The molecule has 0 aliphatic heterocycles. The van der Waals surface area contributed by atoms with Crippen molar-refractivity contribution in [2.75, 3.05) is 31.4 Å². The molecule has 13 nitrogen and oxygen atoms in total. The van der Waals surface area contributed by atoms with Gasteiger partial charge in [0.2, 0.25) is 0 Å². The fraction of sp³-hybridized carbons (Fsp3) is 0.167. The van der Waals surface area contributed by atoms with Crippen molar-refractivity contribution in [1.29, 1.82) is 0 Å². The van der Waals surface area contributed by atoms with Crippen LogP contribution in [0.5, 0.6) is 11.5 Å². The Kier molecular flexibility index (Phi) is 7.96. The molecule has 31 heavy (non-hydrogen) atoms. The minimum absolute atomic E-state index is 0.178. The molecule has 0 aliphatic carbocycles. The molecule has 0 fully saturated rings. The zero-order chi connectivity index (χ0) is 22.8. The maximum atomic E-state index is 12.0.